The van der Waals surface area contributed by atoms with Gasteiger partial charge in [-0.25, -0.2) is 9.13 Å². The molecule has 0 amide bonds. The molecule has 4 atom stereocenters. The number of rotatable bonds is 44. The van der Waals surface area contributed by atoms with Crippen molar-refractivity contribution in [3.63, 3.8) is 0 Å². The van der Waals surface area contributed by atoms with E-state index in [4.69, 9.17) is 23.8 Å². The Morgan fingerprint density at radius 2 is 1.06 bits per heavy atom. The van der Waals surface area contributed by atoms with E-state index in [1.165, 1.54) is 83.5 Å². The van der Waals surface area contributed by atoms with Crippen molar-refractivity contribution < 1.29 is 66.7 Å². The third-order valence-electron chi connectivity index (χ3n) is 9.91. The van der Waals surface area contributed by atoms with Gasteiger partial charge in [0.1, 0.15) is 12.7 Å². The Hall–Kier alpha value is -2.22. The van der Waals surface area contributed by atoms with Crippen molar-refractivity contribution in [3.8, 4) is 0 Å². The zero-order valence-electron chi connectivity index (χ0n) is 39.4. The van der Waals surface area contributed by atoms with E-state index >= 15 is 0 Å². The van der Waals surface area contributed by atoms with E-state index in [2.05, 4.69) is 22.9 Å². The lowest BCUT2D eigenvalue weighted by Gasteiger charge is -2.20. The van der Waals surface area contributed by atoms with E-state index in [1.807, 2.05) is 61.6 Å². The van der Waals surface area contributed by atoms with Gasteiger partial charge in [0.2, 0.25) is 0 Å². The highest BCUT2D eigenvalue weighted by Gasteiger charge is 2.28. The summed E-state index contributed by atoms with van der Waals surface area (Å²) in [5.74, 6) is -0.302. The molecule has 5 N–H and O–H groups in total. The fraction of sp³-hybridized carbons (Fsp3) is 0.750. The number of carbonyl (C=O) groups excluding carboxylic acids is 2. The number of hydrogen-bond acceptors (Lipinski definition) is 11. The van der Waals surface area contributed by atoms with Crippen LogP contribution in [0.4, 0.5) is 0 Å². The van der Waals surface area contributed by atoms with E-state index in [9.17, 15) is 33.8 Å². The average molecular weight is 949 g/mol. The maximum Gasteiger partial charge on any atom is 0.472 e. The van der Waals surface area contributed by atoms with Crippen LogP contribution in [0.25, 0.3) is 0 Å². The molecule has 0 rings (SSSR count). The van der Waals surface area contributed by atoms with Crippen LogP contribution in [-0.4, -0.2) is 81.6 Å². The molecule has 14 nitrogen and oxygen atoms in total. The smallest absolute Gasteiger partial charge is 0.462 e. The summed E-state index contributed by atoms with van der Waals surface area (Å²) < 4.78 is 47.8. The highest BCUT2D eigenvalue weighted by atomic mass is 31.2. The molecule has 16 heteroatoms. The van der Waals surface area contributed by atoms with Gasteiger partial charge in [-0.15, -0.1) is 0 Å². The molecule has 0 aliphatic rings. The lowest BCUT2D eigenvalue weighted by molar-refractivity contribution is -0.161. The molecule has 0 aliphatic carbocycles. The molecule has 64 heavy (non-hydrogen) atoms. The minimum absolute atomic E-state index is 0.0345. The van der Waals surface area contributed by atoms with Crippen LogP contribution >= 0.6 is 15.6 Å². The quantitative estimate of drug-likeness (QED) is 0.0126. The van der Waals surface area contributed by atoms with Gasteiger partial charge >= 0.3 is 27.6 Å². The first-order chi connectivity index (χ1) is 30.6. The van der Waals surface area contributed by atoms with Crippen molar-refractivity contribution >= 4 is 27.6 Å². The van der Waals surface area contributed by atoms with Gasteiger partial charge in [0.15, 0.2) is 6.10 Å². The lowest BCUT2D eigenvalue weighted by Crippen LogP contribution is -2.29. The molecule has 0 aromatic rings. The van der Waals surface area contributed by atoms with Crippen molar-refractivity contribution in [3.05, 3.63) is 60.8 Å². The SMILES string of the molecule is CC/C=C\C(O)C/C=C/C=C\C/C=C\C/C=C\CCCC(=O)O[C@H](COC(=O)CCCCCCCCCCCCCCCCCCC(C)C)COP(=O)(O)OC[C@@H](O)COP(=O)(O)O. The number of aliphatic hydroxyl groups is 2. The predicted octanol–water partition coefficient (Wildman–Crippen LogP) is 11.6. The molecule has 0 aliphatic heterocycles. The monoisotopic (exact) mass is 949 g/mol. The van der Waals surface area contributed by atoms with Crippen LogP contribution in [0.3, 0.4) is 0 Å². The predicted molar refractivity (Wildman–Crippen MR) is 254 cm³/mol. The summed E-state index contributed by atoms with van der Waals surface area (Å²) in [5, 5.41) is 19.5. The Morgan fingerprint density at radius 1 is 0.562 bits per heavy atom. The minimum atomic E-state index is -4.88. The molecule has 0 aromatic heterocycles. The van der Waals surface area contributed by atoms with Gasteiger partial charge in [0, 0.05) is 12.8 Å². The summed E-state index contributed by atoms with van der Waals surface area (Å²) in [6, 6.07) is 0. The number of carbonyl (C=O) groups is 2. The van der Waals surface area contributed by atoms with Gasteiger partial charge in [-0.2, -0.15) is 0 Å². The average Bonchev–Trinajstić information content (AvgIpc) is 3.24. The van der Waals surface area contributed by atoms with E-state index in [0.29, 0.717) is 25.7 Å². The van der Waals surface area contributed by atoms with Crippen molar-refractivity contribution in [2.75, 3.05) is 26.4 Å². The van der Waals surface area contributed by atoms with E-state index in [0.717, 1.165) is 44.4 Å². The Balaban J connectivity index is 4.55. The summed E-state index contributed by atoms with van der Waals surface area (Å²) in [5.41, 5.74) is 0. The Morgan fingerprint density at radius 3 is 1.64 bits per heavy atom. The first-order valence-electron chi connectivity index (χ1n) is 23.9. The largest absolute Gasteiger partial charge is 0.472 e. The maximum absolute atomic E-state index is 12.7. The normalized spacial score (nSPS) is 15.0. The summed E-state index contributed by atoms with van der Waals surface area (Å²) >= 11 is 0. The molecule has 0 saturated heterocycles. The van der Waals surface area contributed by atoms with E-state index < -0.39 is 72.3 Å². The number of esters is 2. The third-order valence-corrected chi connectivity index (χ3v) is 11.3. The van der Waals surface area contributed by atoms with Gasteiger partial charge in [-0.05, 0) is 50.9 Å². The number of hydrogen-bond donors (Lipinski definition) is 5. The number of phosphoric acid groups is 2. The van der Waals surface area contributed by atoms with E-state index in [1.54, 1.807) is 6.08 Å². The molecule has 0 saturated carbocycles. The fourth-order valence-corrected chi connectivity index (χ4v) is 7.45. The summed E-state index contributed by atoms with van der Waals surface area (Å²) in [4.78, 5) is 52.8. The summed E-state index contributed by atoms with van der Waals surface area (Å²) in [6.45, 7) is 3.80. The second kappa shape index (κ2) is 42.2. The first-order valence-corrected chi connectivity index (χ1v) is 27.0. The van der Waals surface area contributed by atoms with Crippen molar-refractivity contribution in [2.24, 2.45) is 5.92 Å². The van der Waals surface area contributed by atoms with Crippen LogP contribution < -0.4 is 0 Å². The van der Waals surface area contributed by atoms with Crippen LogP contribution in [-0.2, 0) is 41.8 Å². The number of phosphoric ester groups is 2. The van der Waals surface area contributed by atoms with Gasteiger partial charge in [-0.3, -0.25) is 23.2 Å². The highest BCUT2D eigenvalue weighted by Crippen LogP contribution is 2.43. The first kappa shape index (κ1) is 61.8. The molecule has 0 aromatic carbocycles. The van der Waals surface area contributed by atoms with Crippen LogP contribution in [0, 0.1) is 5.92 Å². The van der Waals surface area contributed by atoms with Gasteiger partial charge in [0.05, 0.1) is 25.9 Å². The minimum Gasteiger partial charge on any atom is -0.462 e. The molecular formula is C48H86O14P2. The molecule has 0 spiro atoms. The van der Waals surface area contributed by atoms with Crippen molar-refractivity contribution in [1.29, 1.82) is 0 Å². The van der Waals surface area contributed by atoms with Crippen LogP contribution in [0.2, 0.25) is 0 Å². The molecule has 0 fully saturated rings. The van der Waals surface area contributed by atoms with Crippen LogP contribution in [0.1, 0.15) is 181 Å². The molecule has 372 valence electrons. The summed E-state index contributed by atoms with van der Waals surface area (Å²) in [6.07, 6.45) is 41.3. The number of allylic oxidation sites excluding steroid dienone is 8. The van der Waals surface area contributed by atoms with Crippen LogP contribution in [0.5, 0.6) is 0 Å². The standard InChI is InChI=1S/C48H86O14P2/c1-4-5-35-44(49)36-31-27-23-19-15-12-13-17-21-25-29-33-38-48(52)62-46(42-61-64(56,57)60-40-45(50)39-59-63(53,54)55)41-58-47(51)37-32-28-24-20-16-11-9-7-6-8-10-14-18-22-26-30-34-43(2)3/h5,12-13,19,21,23,25,27,31,35,43-46,49-50H,4,6-11,14-18,20,22,24,26,28-30,32-34,36-42H2,1-3H3,(H,56,57)(H2,53,54,55)/b13-12-,23-19-,25-21-,31-27+,35-5-/t44?,45-,46+/m0/s1. The molecule has 0 radical (unpaired) electrons. The molecule has 0 heterocycles. The number of unbranched alkanes of at least 4 members (excludes halogenated alkanes) is 16. The van der Waals surface area contributed by atoms with Gasteiger partial charge < -0.3 is 34.4 Å². The van der Waals surface area contributed by atoms with Crippen molar-refractivity contribution in [2.45, 2.75) is 200 Å². The fourth-order valence-electron chi connectivity index (χ4n) is 6.30. The van der Waals surface area contributed by atoms with Crippen LogP contribution in [0.15, 0.2) is 60.8 Å². The zero-order chi connectivity index (χ0) is 47.6. The summed E-state index contributed by atoms with van der Waals surface area (Å²) in [7, 11) is -9.71. The number of ether oxygens (including phenoxy) is 2. The second-order valence-corrected chi connectivity index (χ2v) is 19.4. The second-order valence-electron chi connectivity index (χ2n) is 16.7. The highest BCUT2D eigenvalue weighted by molar-refractivity contribution is 7.47. The topological polar surface area (TPSA) is 216 Å². The Kier molecular flexibility index (Phi) is 40.7. The molecule has 0 bridgehead atoms. The molecule has 2 unspecified atom stereocenters. The molecular weight excluding hydrogens is 862 g/mol. The Bertz CT molecular complexity index is 1390. The maximum atomic E-state index is 12.7. The van der Waals surface area contributed by atoms with E-state index in [-0.39, 0.29) is 12.8 Å². The third kappa shape index (κ3) is 46.3. The Labute approximate surface area is 385 Å². The lowest BCUT2D eigenvalue weighted by atomic mass is 10.0. The van der Waals surface area contributed by atoms with Crippen molar-refractivity contribution in [1.82, 2.24) is 0 Å². The zero-order valence-corrected chi connectivity index (χ0v) is 41.2. The number of aliphatic hydroxyl groups excluding tert-OH is 2. The van der Waals surface area contributed by atoms with Gasteiger partial charge in [-0.1, -0.05) is 184 Å². The van der Waals surface area contributed by atoms with Gasteiger partial charge in [0.25, 0.3) is 0 Å².